The lowest BCUT2D eigenvalue weighted by Gasteiger charge is -2.38. The van der Waals surface area contributed by atoms with Gasteiger partial charge in [0.15, 0.2) is 0 Å². The Morgan fingerprint density at radius 1 is 0.500 bits per heavy atom. The second-order valence-corrected chi connectivity index (χ2v) is 9.64. The predicted molar refractivity (Wildman–Crippen MR) is 125 cm³/mol. The largest absolute Gasteiger partial charge is 0.320 e. The number of hydrogen-bond acceptors (Lipinski definition) is 3. The highest BCUT2D eigenvalue weighted by Gasteiger charge is 2.36. The highest BCUT2D eigenvalue weighted by atomic mass is 31.1. The van der Waals surface area contributed by atoms with Gasteiger partial charge in [0.1, 0.15) is 0 Å². The second-order valence-electron chi connectivity index (χ2n) is 8.73. The van der Waals surface area contributed by atoms with Gasteiger partial charge in [-0.25, -0.2) is 0 Å². The first-order chi connectivity index (χ1) is 13.5. The van der Waals surface area contributed by atoms with Gasteiger partial charge in [-0.15, -0.1) is 0 Å². The van der Waals surface area contributed by atoms with Gasteiger partial charge in [-0.3, -0.25) is 4.57 Å². The van der Waals surface area contributed by atoms with E-state index < -0.39 is 8.25 Å². The van der Waals surface area contributed by atoms with Crippen molar-refractivity contribution in [2.75, 3.05) is 0 Å². The molecule has 0 saturated carbocycles. The summed E-state index contributed by atoms with van der Waals surface area (Å²) in [4.78, 5) is 0. The molecule has 0 N–H and O–H groups in total. The van der Waals surface area contributed by atoms with Crippen LogP contribution in [-0.4, -0.2) is 11.2 Å². The monoisotopic (exact) mass is 418 g/mol. The molecule has 0 fully saturated rings. The minimum Gasteiger partial charge on any atom is -0.304 e. The highest BCUT2D eigenvalue weighted by Crippen LogP contribution is 2.46. The molecule has 0 spiro atoms. The summed E-state index contributed by atoms with van der Waals surface area (Å²) in [7, 11) is -2.52. The van der Waals surface area contributed by atoms with Gasteiger partial charge >= 0.3 is 8.25 Å². The third-order valence-corrected chi connectivity index (χ3v) is 7.15. The zero-order valence-corrected chi connectivity index (χ0v) is 21.0. The van der Waals surface area contributed by atoms with Crippen LogP contribution in [0.5, 0.6) is 0 Å². The molecule has 0 aliphatic carbocycles. The molecule has 3 nitrogen and oxygen atoms in total. The second kappa shape index (κ2) is 16.9. The van der Waals surface area contributed by atoms with Crippen molar-refractivity contribution in [2.24, 2.45) is 0 Å². The van der Waals surface area contributed by atoms with E-state index in [-0.39, 0.29) is 11.2 Å². The van der Waals surface area contributed by atoms with Crippen molar-refractivity contribution in [3.05, 3.63) is 0 Å². The number of unbranched alkanes of at least 4 members (excludes halogenated alkanes) is 4. The van der Waals surface area contributed by atoms with Crippen molar-refractivity contribution < 1.29 is 13.6 Å². The Morgan fingerprint density at radius 3 is 1.00 bits per heavy atom. The Labute approximate surface area is 177 Å². The summed E-state index contributed by atoms with van der Waals surface area (Å²) in [6.45, 7) is 13.3. The van der Waals surface area contributed by atoms with Gasteiger partial charge in [0, 0.05) is 0 Å². The van der Waals surface area contributed by atoms with E-state index in [1.165, 1.54) is 0 Å². The first-order valence-corrected chi connectivity index (χ1v) is 13.6. The molecule has 28 heavy (non-hydrogen) atoms. The maximum absolute atomic E-state index is 13.2. The normalized spacial score (nSPS) is 12.8. The van der Waals surface area contributed by atoms with Crippen LogP contribution in [-0.2, 0) is 13.6 Å². The van der Waals surface area contributed by atoms with Crippen molar-refractivity contribution in [1.29, 1.82) is 0 Å². The quantitative estimate of drug-likeness (QED) is 0.185. The molecule has 170 valence electrons. The summed E-state index contributed by atoms with van der Waals surface area (Å²) in [6.07, 6.45) is 17.2. The molecule has 0 radical (unpaired) electrons. The van der Waals surface area contributed by atoms with Crippen LogP contribution in [0.2, 0.25) is 0 Å². The zero-order valence-electron chi connectivity index (χ0n) is 20.0. The van der Waals surface area contributed by atoms with E-state index in [0.717, 1.165) is 103 Å². The number of rotatable bonds is 20. The van der Waals surface area contributed by atoms with Gasteiger partial charge in [0.25, 0.3) is 0 Å². The third-order valence-electron chi connectivity index (χ3n) is 5.95. The molecule has 0 amide bonds. The molecule has 0 bridgehead atoms. The van der Waals surface area contributed by atoms with Crippen LogP contribution in [0.1, 0.15) is 144 Å². The molecular formula is C24H51O3P. The third kappa shape index (κ3) is 11.4. The van der Waals surface area contributed by atoms with Crippen LogP contribution in [0.15, 0.2) is 0 Å². The summed E-state index contributed by atoms with van der Waals surface area (Å²) in [5.74, 6) is 0. The Bertz CT molecular complexity index is 334. The summed E-state index contributed by atoms with van der Waals surface area (Å²) in [5.41, 5.74) is -0.519. The molecule has 0 aliphatic heterocycles. The van der Waals surface area contributed by atoms with Gasteiger partial charge in [0.05, 0.1) is 11.2 Å². The lowest BCUT2D eigenvalue weighted by Crippen LogP contribution is -2.34. The maximum Gasteiger partial charge on any atom is 0.320 e. The van der Waals surface area contributed by atoms with E-state index in [4.69, 9.17) is 9.05 Å². The summed E-state index contributed by atoms with van der Waals surface area (Å²) in [5, 5.41) is 0. The van der Waals surface area contributed by atoms with Crippen LogP contribution < -0.4 is 0 Å². The van der Waals surface area contributed by atoms with Crippen LogP contribution in [0.25, 0.3) is 0 Å². The molecular weight excluding hydrogens is 367 g/mol. The van der Waals surface area contributed by atoms with Crippen LogP contribution >= 0.6 is 8.25 Å². The number of hydrogen-bond donors (Lipinski definition) is 0. The minimum absolute atomic E-state index is 0.260. The molecule has 0 atom stereocenters. The maximum atomic E-state index is 13.2. The molecule has 0 heterocycles. The van der Waals surface area contributed by atoms with E-state index in [1.54, 1.807) is 0 Å². The summed E-state index contributed by atoms with van der Waals surface area (Å²) < 4.78 is 26.0. The molecule has 0 aromatic carbocycles. The molecule has 0 unspecified atom stereocenters. The average molecular weight is 419 g/mol. The molecule has 4 heteroatoms. The van der Waals surface area contributed by atoms with Gasteiger partial charge in [-0.1, -0.05) is 106 Å². The molecule has 0 saturated heterocycles. The summed E-state index contributed by atoms with van der Waals surface area (Å²) in [6, 6.07) is 0. The minimum atomic E-state index is -2.52. The van der Waals surface area contributed by atoms with Crippen molar-refractivity contribution >= 4 is 8.25 Å². The van der Waals surface area contributed by atoms with Crippen LogP contribution in [0, 0.1) is 0 Å². The molecule has 0 rings (SSSR count). The SMILES string of the molecule is CCCCC(CCC)(CCCC)O[PH](=O)OC(CCC)(CCCC)CCCC. The Hall–Kier alpha value is 0.150. The fourth-order valence-electron chi connectivity index (χ4n) is 4.34. The topological polar surface area (TPSA) is 35.5 Å². The smallest absolute Gasteiger partial charge is 0.304 e. The fourth-order valence-corrected chi connectivity index (χ4v) is 5.70. The Balaban J connectivity index is 5.37. The lowest BCUT2D eigenvalue weighted by atomic mass is 9.87. The highest BCUT2D eigenvalue weighted by molar-refractivity contribution is 7.33. The Kier molecular flexibility index (Phi) is 17.0. The van der Waals surface area contributed by atoms with E-state index in [0.29, 0.717) is 0 Å². The molecule has 0 aromatic rings. The first kappa shape index (κ1) is 28.1. The van der Waals surface area contributed by atoms with Crippen molar-refractivity contribution in [1.82, 2.24) is 0 Å². The van der Waals surface area contributed by atoms with Crippen LogP contribution in [0.3, 0.4) is 0 Å². The predicted octanol–water partition coefficient (Wildman–Crippen LogP) is 9.25. The van der Waals surface area contributed by atoms with Gasteiger partial charge in [-0.05, 0) is 38.5 Å². The van der Waals surface area contributed by atoms with E-state index in [1.807, 2.05) is 0 Å². The van der Waals surface area contributed by atoms with E-state index in [2.05, 4.69) is 41.5 Å². The summed E-state index contributed by atoms with van der Waals surface area (Å²) >= 11 is 0. The average Bonchev–Trinajstić information content (AvgIpc) is 2.68. The van der Waals surface area contributed by atoms with Crippen molar-refractivity contribution in [3.8, 4) is 0 Å². The first-order valence-electron chi connectivity index (χ1n) is 12.4. The molecule has 0 aliphatic rings. The van der Waals surface area contributed by atoms with E-state index >= 15 is 0 Å². The lowest BCUT2D eigenvalue weighted by molar-refractivity contribution is -0.0165. The van der Waals surface area contributed by atoms with E-state index in [9.17, 15) is 4.57 Å². The zero-order chi connectivity index (χ0) is 21.3. The molecule has 0 aromatic heterocycles. The van der Waals surface area contributed by atoms with Gasteiger partial charge in [0.2, 0.25) is 0 Å². The Morgan fingerprint density at radius 2 is 0.786 bits per heavy atom. The van der Waals surface area contributed by atoms with Crippen molar-refractivity contribution in [2.45, 2.75) is 155 Å². The van der Waals surface area contributed by atoms with Crippen molar-refractivity contribution in [3.63, 3.8) is 0 Å². The van der Waals surface area contributed by atoms with Crippen LogP contribution in [0.4, 0.5) is 0 Å². The fraction of sp³-hybridized carbons (Fsp3) is 1.00. The van der Waals surface area contributed by atoms with Gasteiger partial charge in [-0.2, -0.15) is 0 Å². The van der Waals surface area contributed by atoms with Gasteiger partial charge < -0.3 is 9.05 Å². The standard InChI is InChI=1S/C24H51O3P/c1-7-13-19-23(17-11-5,20-14-8-2)26-28(25)27-24(18-12-6,21-15-9-3)22-16-10-4/h28H,7-22H2,1-6H3.